The first-order chi connectivity index (χ1) is 16.5. The smallest absolute Gasteiger partial charge is 0.311 e. The van der Waals surface area contributed by atoms with Crippen LogP contribution in [0.3, 0.4) is 0 Å². The van der Waals surface area contributed by atoms with Gasteiger partial charge in [-0.25, -0.2) is 0 Å². The number of benzene rings is 1. The van der Waals surface area contributed by atoms with Gasteiger partial charge in [0.05, 0.1) is 12.0 Å². The van der Waals surface area contributed by atoms with Crippen molar-refractivity contribution in [2.75, 3.05) is 77.5 Å². The molecule has 4 aliphatic heterocycles. The van der Waals surface area contributed by atoms with Crippen LogP contribution in [0.25, 0.3) is 0 Å². The van der Waals surface area contributed by atoms with Crippen molar-refractivity contribution in [3.8, 4) is 5.75 Å². The van der Waals surface area contributed by atoms with Crippen molar-refractivity contribution in [1.29, 1.82) is 0 Å². The summed E-state index contributed by atoms with van der Waals surface area (Å²) in [5.74, 6) is 0.346. The maximum Gasteiger partial charge on any atom is 0.311 e. The fourth-order valence-corrected chi connectivity index (χ4v) is 6.40. The fourth-order valence-electron chi connectivity index (χ4n) is 6.40. The van der Waals surface area contributed by atoms with Gasteiger partial charge < -0.3 is 15.0 Å². The second-order valence-corrected chi connectivity index (χ2v) is 10.4. The number of nitrogens with one attached hydrogen (secondary N) is 1. The molecule has 34 heavy (non-hydrogen) atoms. The molecule has 0 aromatic heterocycles. The molecule has 4 aliphatic rings. The Hall–Kier alpha value is -1.94. The number of nitro benzene ring substituents is 1. The number of methoxy groups -OCH3 is 1. The van der Waals surface area contributed by atoms with Crippen molar-refractivity contribution in [2.45, 2.75) is 50.7 Å². The molecule has 9 nitrogen and oxygen atoms in total. The molecule has 0 amide bonds. The highest BCUT2D eigenvalue weighted by Crippen LogP contribution is 2.36. The van der Waals surface area contributed by atoms with Crippen LogP contribution in [0.15, 0.2) is 12.1 Å². The lowest BCUT2D eigenvalue weighted by atomic mass is 9.97. The predicted octanol–water partition coefficient (Wildman–Crippen LogP) is 1.93. The number of hydrogen-bond donors (Lipinski definition) is 1. The SMILES string of the molecule is COc1cc(N2CCC(N3CCN(C4CCN(C5CNC5)CC4)CC3)CC2)c(C)cc1[N+](=O)[O-]. The second kappa shape index (κ2) is 10.4. The normalized spacial score (nSPS) is 24.8. The van der Waals surface area contributed by atoms with Crippen molar-refractivity contribution >= 4 is 11.4 Å². The first kappa shape index (κ1) is 23.8. The highest BCUT2D eigenvalue weighted by molar-refractivity contribution is 5.64. The first-order valence-corrected chi connectivity index (χ1v) is 13.0. The van der Waals surface area contributed by atoms with Gasteiger partial charge in [0.25, 0.3) is 0 Å². The summed E-state index contributed by atoms with van der Waals surface area (Å²) in [5, 5.41) is 14.7. The fraction of sp³-hybridized carbons (Fsp3) is 0.760. The molecule has 4 saturated heterocycles. The minimum Gasteiger partial charge on any atom is -0.490 e. The summed E-state index contributed by atoms with van der Waals surface area (Å²) in [4.78, 5) is 21.5. The van der Waals surface area contributed by atoms with E-state index < -0.39 is 0 Å². The zero-order valence-electron chi connectivity index (χ0n) is 20.7. The quantitative estimate of drug-likeness (QED) is 0.497. The van der Waals surface area contributed by atoms with Crippen molar-refractivity contribution < 1.29 is 9.66 Å². The molecule has 0 aliphatic carbocycles. The van der Waals surface area contributed by atoms with Crippen molar-refractivity contribution in [3.05, 3.63) is 27.8 Å². The summed E-state index contributed by atoms with van der Waals surface area (Å²) in [6.45, 7) is 13.6. The number of piperidine rings is 2. The number of ether oxygens (including phenoxy) is 1. The van der Waals surface area contributed by atoms with E-state index in [0.29, 0.717) is 11.8 Å². The molecule has 5 rings (SSSR count). The number of nitro groups is 1. The third-order valence-corrected chi connectivity index (χ3v) is 8.66. The molecule has 1 N–H and O–H groups in total. The lowest BCUT2D eigenvalue weighted by Crippen LogP contribution is -2.61. The lowest BCUT2D eigenvalue weighted by Gasteiger charge is -2.48. The van der Waals surface area contributed by atoms with Gasteiger partial charge in [-0.3, -0.25) is 24.8 Å². The monoisotopic (exact) mass is 472 g/mol. The molecule has 0 saturated carbocycles. The Morgan fingerprint density at radius 1 is 0.853 bits per heavy atom. The Balaban J connectivity index is 1.09. The van der Waals surface area contributed by atoms with Crippen LogP contribution in [0.2, 0.25) is 0 Å². The van der Waals surface area contributed by atoms with Crippen molar-refractivity contribution in [3.63, 3.8) is 0 Å². The molecular formula is C25H40N6O3. The number of hydrogen-bond acceptors (Lipinski definition) is 8. The van der Waals surface area contributed by atoms with Gasteiger partial charge in [-0.05, 0) is 38.2 Å². The van der Waals surface area contributed by atoms with Gasteiger partial charge in [-0.15, -0.1) is 0 Å². The van der Waals surface area contributed by atoms with Crippen LogP contribution in [-0.4, -0.2) is 110 Å². The summed E-state index contributed by atoms with van der Waals surface area (Å²) in [5.41, 5.74) is 2.05. The third kappa shape index (κ3) is 4.89. The van der Waals surface area contributed by atoms with Crippen LogP contribution in [0.4, 0.5) is 11.4 Å². The molecule has 0 radical (unpaired) electrons. The first-order valence-electron chi connectivity index (χ1n) is 13.0. The van der Waals surface area contributed by atoms with Crippen LogP contribution >= 0.6 is 0 Å². The Bertz CT molecular complexity index is 854. The van der Waals surface area contributed by atoms with E-state index in [1.165, 1.54) is 72.3 Å². The van der Waals surface area contributed by atoms with Crippen LogP contribution in [0.5, 0.6) is 5.75 Å². The Morgan fingerprint density at radius 3 is 1.85 bits per heavy atom. The molecule has 1 aromatic carbocycles. The third-order valence-electron chi connectivity index (χ3n) is 8.66. The van der Waals surface area contributed by atoms with Crippen LogP contribution < -0.4 is 15.0 Å². The van der Waals surface area contributed by atoms with Gasteiger partial charge in [0.1, 0.15) is 0 Å². The van der Waals surface area contributed by atoms with E-state index in [1.54, 1.807) is 6.07 Å². The molecule has 188 valence electrons. The molecule has 4 fully saturated rings. The van der Waals surface area contributed by atoms with E-state index in [-0.39, 0.29) is 10.6 Å². The highest BCUT2D eigenvalue weighted by Gasteiger charge is 2.34. The van der Waals surface area contributed by atoms with Crippen molar-refractivity contribution in [1.82, 2.24) is 20.0 Å². The van der Waals surface area contributed by atoms with Gasteiger partial charge in [-0.2, -0.15) is 0 Å². The van der Waals surface area contributed by atoms with Gasteiger partial charge in [0.15, 0.2) is 5.75 Å². The minimum absolute atomic E-state index is 0.0437. The second-order valence-electron chi connectivity index (χ2n) is 10.4. The van der Waals surface area contributed by atoms with Crippen LogP contribution in [0.1, 0.15) is 31.2 Å². The van der Waals surface area contributed by atoms with Gasteiger partial charge in [0, 0.05) is 101 Å². The number of anilines is 1. The van der Waals surface area contributed by atoms with E-state index in [9.17, 15) is 10.1 Å². The van der Waals surface area contributed by atoms with Crippen LogP contribution in [0, 0.1) is 17.0 Å². The number of nitrogens with zero attached hydrogens (tertiary/aromatic N) is 5. The molecule has 4 heterocycles. The summed E-state index contributed by atoms with van der Waals surface area (Å²) in [6, 6.07) is 5.70. The summed E-state index contributed by atoms with van der Waals surface area (Å²) < 4.78 is 5.31. The minimum atomic E-state index is -0.364. The Morgan fingerprint density at radius 2 is 1.38 bits per heavy atom. The number of rotatable bonds is 6. The van der Waals surface area contributed by atoms with Gasteiger partial charge >= 0.3 is 5.69 Å². The van der Waals surface area contributed by atoms with Gasteiger partial charge in [0.2, 0.25) is 0 Å². The Kier molecular flexibility index (Phi) is 7.24. The van der Waals surface area contributed by atoms with Crippen molar-refractivity contribution in [2.24, 2.45) is 0 Å². The molecule has 0 bridgehead atoms. The zero-order chi connectivity index (χ0) is 23.7. The summed E-state index contributed by atoms with van der Waals surface area (Å²) in [7, 11) is 1.50. The highest BCUT2D eigenvalue weighted by atomic mass is 16.6. The predicted molar refractivity (Wildman–Crippen MR) is 134 cm³/mol. The number of likely N-dealkylation sites (tertiary alicyclic amines) is 1. The lowest BCUT2D eigenvalue weighted by molar-refractivity contribution is -0.385. The zero-order valence-corrected chi connectivity index (χ0v) is 20.7. The summed E-state index contributed by atoms with van der Waals surface area (Å²) >= 11 is 0. The molecule has 0 atom stereocenters. The standard InChI is InChI=1S/C25H40N6O3/c1-19-15-24(31(32)33)25(34-2)16-23(19)30-9-5-21(6-10-30)29-13-11-28(12-14-29)20-3-7-27(8-4-20)22-17-26-18-22/h15-16,20-22,26H,3-14,17-18H2,1-2H3. The van der Waals surface area contributed by atoms with E-state index in [1.807, 2.05) is 13.0 Å². The summed E-state index contributed by atoms with van der Waals surface area (Å²) in [6.07, 6.45) is 4.94. The average molecular weight is 473 g/mol. The molecule has 1 aromatic rings. The topological polar surface area (TPSA) is 77.4 Å². The molecule has 0 unspecified atom stereocenters. The molecule has 9 heteroatoms. The number of piperazine rings is 1. The van der Waals surface area contributed by atoms with E-state index in [4.69, 9.17) is 4.74 Å². The number of aryl methyl sites for hydroxylation is 1. The maximum absolute atomic E-state index is 11.3. The molecular weight excluding hydrogens is 432 g/mol. The maximum atomic E-state index is 11.3. The average Bonchev–Trinajstić information content (AvgIpc) is 2.83. The molecule has 0 spiro atoms. The van der Waals surface area contributed by atoms with E-state index in [0.717, 1.165) is 49.3 Å². The van der Waals surface area contributed by atoms with E-state index in [2.05, 4.69) is 24.9 Å². The van der Waals surface area contributed by atoms with Crippen LogP contribution in [-0.2, 0) is 0 Å². The largest absolute Gasteiger partial charge is 0.490 e. The van der Waals surface area contributed by atoms with E-state index >= 15 is 0 Å². The van der Waals surface area contributed by atoms with Gasteiger partial charge in [-0.1, -0.05) is 0 Å². The Labute approximate surface area is 203 Å².